The third-order valence-corrected chi connectivity index (χ3v) is 3.59. The Labute approximate surface area is 121 Å². The fourth-order valence-corrected chi connectivity index (χ4v) is 2.40. The molecule has 100 valence electrons. The lowest BCUT2D eigenvalue weighted by Crippen LogP contribution is -2.16. The highest BCUT2D eigenvalue weighted by atomic mass is 32.2. The van der Waals surface area contributed by atoms with Gasteiger partial charge in [-0.1, -0.05) is 30.0 Å². The van der Waals surface area contributed by atoms with Crippen LogP contribution in [0.15, 0.2) is 64.8 Å². The van der Waals surface area contributed by atoms with Crippen LogP contribution >= 0.6 is 11.8 Å². The van der Waals surface area contributed by atoms with Gasteiger partial charge in [-0.05, 0) is 42.0 Å². The van der Waals surface area contributed by atoms with Crippen LogP contribution in [0.25, 0.3) is 0 Å². The molecule has 0 atom stereocenters. The lowest BCUT2D eigenvalue weighted by Gasteiger charge is -2.10. The maximum absolute atomic E-state index is 5.75. The van der Waals surface area contributed by atoms with Gasteiger partial charge >= 0.3 is 0 Å². The topological polar surface area (TPSA) is 60.0 Å². The van der Waals surface area contributed by atoms with Crippen molar-refractivity contribution in [1.29, 1.82) is 0 Å². The molecule has 20 heavy (non-hydrogen) atoms. The number of nitrogens with zero attached hydrogens (tertiary/aromatic N) is 2. The van der Waals surface area contributed by atoms with Gasteiger partial charge in [-0.15, -0.1) is 5.10 Å². The molecule has 2 aromatic carbocycles. The molecule has 0 saturated heterocycles. The van der Waals surface area contributed by atoms with Crippen molar-refractivity contribution in [1.82, 2.24) is 0 Å². The van der Waals surface area contributed by atoms with Gasteiger partial charge in [-0.3, -0.25) is 0 Å². The van der Waals surface area contributed by atoms with E-state index < -0.39 is 0 Å². The average Bonchev–Trinajstić information content (AvgIpc) is 2.50. The van der Waals surface area contributed by atoms with Crippen LogP contribution in [0, 0.1) is 0 Å². The molecule has 0 aliphatic carbocycles. The maximum atomic E-state index is 5.75. The highest BCUT2D eigenvalue weighted by Gasteiger charge is 2.10. The lowest BCUT2D eigenvalue weighted by atomic mass is 10.1. The minimum absolute atomic E-state index is 0.512. The summed E-state index contributed by atoms with van der Waals surface area (Å²) in [5, 5.41) is 8.52. The number of rotatable bonds is 3. The lowest BCUT2D eigenvalue weighted by molar-refractivity contribution is 0.482. The smallest absolute Gasteiger partial charge is 0.180 e. The van der Waals surface area contributed by atoms with Crippen molar-refractivity contribution < 1.29 is 4.74 Å². The van der Waals surface area contributed by atoms with Gasteiger partial charge in [0.15, 0.2) is 5.17 Å². The zero-order chi connectivity index (χ0) is 13.8. The summed E-state index contributed by atoms with van der Waals surface area (Å²) in [6, 6.07) is 17.5. The van der Waals surface area contributed by atoms with E-state index in [1.807, 2.05) is 54.6 Å². The first-order valence-corrected chi connectivity index (χ1v) is 7.16. The van der Waals surface area contributed by atoms with Gasteiger partial charge < -0.3 is 10.5 Å². The summed E-state index contributed by atoms with van der Waals surface area (Å²) in [6.07, 6.45) is 0. The summed E-state index contributed by atoms with van der Waals surface area (Å²) < 4.78 is 5.75. The second-order valence-corrected chi connectivity index (χ2v) is 5.21. The zero-order valence-corrected chi connectivity index (χ0v) is 11.5. The van der Waals surface area contributed by atoms with Crippen LogP contribution in [-0.2, 0) is 0 Å². The third kappa shape index (κ3) is 3.00. The second-order valence-electron chi connectivity index (χ2n) is 4.21. The van der Waals surface area contributed by atoms with Gasteiger partial charge in [0.05, 0.1) is 5.71 Å². The van der Waals surface area contributed by atoms with E-state index in [2.05, 4.69) is 10.2 Å². The first-order chi connectivity index (χ1) is 9.81. The van der Waals surface area contributed by atoms with Crippen molar-refractivity contribution in [3.8, 4) is 11.5 Å². The van der Waals surface area contributed by atoms with Crippen molar-refractivity contribution in [3.05, 3.63) is 60.2 Å². The number of hydrogen-bond acceptors (Lipinski definition) is 5. The number of nitrogens with two attached hydrogens (primary N) is 1. The van der Waals surface area contributed by atoms with Crippen LogP contribution in [0.2, 0.25) is 0 Å². The largest absolute Gasteiger partial charge is 0.457 e. The Morgan fingerprint density at radius 1 is 0.900 bits per heavy atom. The van der Waals surface area contributed by atoms with Crippen LogP contribution in [0.1, 0.15) is 5.56 Å². The van der Waals surface area contributed by atoms with Gasteiger partial charge in [0.1, 0.15) is 11.5 Å². The molecule has 3 rings (SSSR count). The molecule has 0 saturated carbocycles. The fourth-order valence-electron chi connectivity index (χ4n) is 1.79. The average molecular weight is 283 g/mol. The highest BCUT2D eigenvalue weighted by Crippen LogP contribution is 2.22. The number of para-hydroxylation sites is 1. The molecule has 2 N–H and O–H groups in total. The maximum Gasteiger partial charge on any atom is 0.180 e. The number of thioether (sulfide) groups is 1. The van der Waals surface area contributed by atoms with Crippen LogP contribution in [-0.4, -0.2) is 16.6 Å². The molecule has 0 bridgehead atoms. The first kappa shape index (κ1) is 12.7. The summed E-state index contributed by atoms with van der Waals surface area (Å²) in [4.78, 5) is 0. The second kappa shape index (κ2) is 5.79. The number of benzene rings is 2. The summed E-state index contributed by atoms with van der Waals surface area (Å²) in [7, 11) is 0. The van der Waals surface area contributed by atoms with Crippen LogP contribution in [0.4, 0.5) is 0 Å². The van der Waals surface area contributed by atoms with Crippen molar-refractivity contribution in [2.24, 2.45) is 15.9 Å². The van der Waals surface area contributed by atoms with E-state index in [-0.39, 0.29) is 0 Å². The quantitative estimate of drug-likeness (QED) is 0.940. The Kier molecular flexibility index (Phi) is 3.69. The third-order valence-electron chi connectivity index (χ3n) is 2.79. The summed E-state index contributed by atoms with van der Waals surface area (Å²) >= 11 is 1.49. The molecule has 0 amide bonds. The van der Waals surface area contributed by atoms with E-state index in [0.717, 1.165) is 28.5 Å². The number of ether oxygens (including phenoxy) is 1. The van der Waals surface area contributed by atoms with E-state index in [1.54, 1.807) is 0 Å². The Morgan fingerprint density at radius 3 is 2.25 bits per heavy atom. The standard InChI is InChI=1S/C15H13N3OS/c16-15-18-17-14(10-20-15)11-6-8-13(9-7-11)19-12-4-2-1-3-5-12/h1-9H,10H2,(H2,16,18). The van der Waals surface area contributed by atoms with Gasteiger partial charge in [0, 0.05) is 5.75 Å². The van der Waals surface area contributed by atoms with Gasteiger partial charge in [0.25, 0.3) is 0 Å². The molecule has 1 aliphatic rings. The Hall–Kier alpha value is -2.27. The molecule has 5 heteroatoms. The molecular formula is C15H13N3OS. The molecule has 0 aromatic heterocycles. The van der Waals surface area contributed by atoms with Crippen LogP contribution in [0.3, 0.4) is 0 Å². The normalized spacial score (nSPS) is 14.4. The molecule has 1 aliphatic heterocycles. The predicted molar refractivity (Wildman–Crippen MR) is 83.6 cm³/mol. The fraction of sp³-hybridized carbons (Fsp3) is 0.0667. The van der Waals surface area contributed by atoms with E-state index in [0.29, 0.717) is 5.17 Å². The van der Waals surface area contributed by atoms with E-state index in [9.17, 15) is 0 Å². The summed E-state index contributed by atoms with van der Waals surface area (Å²) in [5.41, 5.74) is 7.53. The van der Waals surface area contributed by atoms with E-state index in [1.165, 1.54) is 11.8 Å². The highest BCUT2D eigenvalue weighted by molar-refractivity contribution is 8.14. The van der Waals surface area contributed by atoms with Crippen molar-refractivity contribution >= 4 is 22.6 Å². The molecule has 1 heterocycles. The van der Waals surface area contributed by atoms with Crippen molar-refractivity contribution in [2.75, 3.05) is 5.75 Å². The van der Waals surface area contributed by atoms with Gasteiger partial charge in [0.2, 0.25) is 0 Å². The molecule has 2 aromatic rings. The summed E-state index contributed by atoms with van der Waals surface area (Å²) in [6.45, 7) is 0. The zero-order valence-electron chi connectivity index (χ0n) is 10.7. The number of amidine groups is 1. The Morgan fingerprint density at radius 2 is 1.60 bits per heavy atom. The Bertz CT molecular complexity index is 651. The SMILES string of the molecule is NC1=NN=C(c2ccc(Oc3ccccc3)cc2)CS1. The molecule has 0 spiro atoms. The molecule has 0 fully saturated rings. The minimum atomic E-state index is 0.512. The van der Waals surface area contributed by atoms with Crippen molar-refractivity contribution in [2.45, 2.75) is 0 Å². The Balaban J connectivity index is 1.75. The number of hydrogen-bond donors (Lipinski definition) is 1. The molecule has 0 unspecified atom stereocenters. The first-order valence-electron chi connectivity index (χ1n) is 6.17. The van der Waals surface area contributed by atoms with Gasteiger partial charge in [-0.25, -0.2) is 0 Å². The molecular weight excluding hydrogens is 270 g/mol. The van der Waals surface area contributed by atoms with Crippen LogP contribution in [0.5, 0.6) is 11.5 Å². The molecule has 4 nitrogen and oxygen atoms in total. The van der Waals surface area contributed by atoms with Crippen LogP contribution < -0.4 is 10.5 Å². The minimum Gasteiger partial charge on any atom is -0.457 e. The molecule has 0 radical (unpaired) electrons. The summed E-state index contributed by atoms with van der Waals surface area (Å²) in [5.74, 6) is 2.36. The monoisotopic (exact) mass is 283 g/mol. The predicted octanol–water partition coefficient (Wildman–Crippen LogP) is 3.24. The van der Waals surface area contributed by atoms with Gasteiger partial charge in [-0.2, -0.15) is 5.10 Å². The van der Waals surface area contributed by atoms with Crippen molar-refractivity contribution in [3.63, 3.8) is 0 Å². The van der Waals surface area contributed by atoms with E-state index >= 15 is 0 Å². The van der Waals surface area contributed by atoms with E-state index in [4.69, 9.17) is 10.5 Å².